The Kier molecular flexibility index (Phi) is 3.59. The van der Waals surface area contributed by atoms with E-state index in [-0.39, 0.29) is 17.9 Å². The Labute approximate surface area is 100 Å². The molecule has 1 atom stereocenters. The lowest BCUT2D eigenvalue weighted by molar-refractivity contribution is -0.128. The van der Waals surface area contributed by atoms with Crippen molar-refractivity contribution in [3.05, 3.63) is 16.1 Å². The Morgan fingerprint density at radius 1 is 1.69 bits per heavy atom. The minimum atomic E-state index is 0.0460. The Balaban J connectivity index is 1.91. The van der Waals surface area contributed by atoms with E-state index >= 15 is 0 Å². The third-order valence-corrected chi connectivity index (χ3v) is 4.16. The monoisotopic (exact) mass is 238 g/mol. The minimum absolute atomic E-state index is 0.0460. The summed E-state index contributed by atoms with van der Waals surface area (Å²) >= 11 is 1.67. The minimum Gasteiger partial charge on any atom is -0.348 e. The lowest BCUT2D eigenvalue weighted by Crippen LogP contribution is -2.36. The molecule has 16 heavy (non-hydrogen) atoms. The van der Waals surface area contributed by atoms with E-state index in [9.17, 15) is 4.79 Å². The number of carbonyl (C=O) groups is 1. The molecular weight excluding hydrogens is 220 g/mol. The highest BCUT2D eigenvalue weighted by Crippen LogP contribution is 2.27. The van der Waals surface area contributed by atoms with Crippen molar-refractivity contribution in [2.24, 2.45) is 5.92 Å². The van der Waals surface area contributed by atoms with Crippen LogP contribution in [0.2, 0.25) is 0 Å². The van der Waals surface area contributed by atoms with Crippen molar-refractivity contribution in [2.45, 2.75) is 45.6 Å². The fraction of sp³-hybridized carbons (Fsp3) is 0.667. The van der Waals surface area contributed by atoms with Crippen LogP contribution in [-0.2, 0) is 11.2 Å². The first kappa shape index (κ1) is 11.6. The van der Waals surface area contributed by atoms with Crippen LogP contribution in [-0.4, -0.2) is 10.9 Å². The van der Waals surface area contributed by atoms with E-state index < -0.39 is 0 Å². The number of carbonyl (C=O) groups excluding carboxylic acids is 1. The predicted molar refractivity (Wildman–Crippen MR) is 65.4 cm³/mol. The van der Waals surface area contributed by atoms with Crippen LogP contribution in [0.3, 0.4) is 0 Å². The Morgan fingerprint density at radius 2 is 2.44 bits per heavy atom. The summed E-state index contributed by atoms with van der Waals surface area (Å²) in [5.41, 5.74) is 0.995. The second kappa shape index (κ2) is 4.95. The van der Waals surface area contributed by atoms with Crippen molar-refractivity contribution in [1.82, 2.24) is 10.3 Å². The van der Waals surface area contributed by atoms with E-state index in [4.69, 9.17) is 0 Å². The first-order chi connectivity index (χ1) is 7.70. The maximum absolute atomic E-state index is 11.7. The number of nitrogens with one attached hydrogen (secondary N) is 1. The molecule has 1 heterocycles. The van der Waals surface area contributed by atoms with Gasteiger partial charge in [0.2, 0.25) is 5.91 Å². The summed E-state index contributed by atoms with van der Waals surface area (Å²) in [4.78, 5) is 16.2. The zero-order valence-corrected chi connectivity index (χ0v) is 10.6. The standard InChI is InChI=1S/C12H18N2OS/c1-3-11-14-10(7-16-11)8(2)13-12(15)9-5-4-6-9/h7-9H,3-6H2,1-2H3,(H,13,15)/t8-/m1/s1. The maximum atomic E-state index is 11.7. The van der Waals surface area contributed by atoms with Gasteiger partial charge in [-0.3, -0.25) is 4.79 Å². The number of nitrogens with zero attached hydrogens (tertiary/aromatic N) is 1. The summed E-state index contributed by atoms with van der Waals surface area (Å²) in [6.45, 7) is 4.10. The molecule has 0 aliphatic heterocycles. The quantitative estimate of drug-likeness (QED) is 0.876. The highest BCUT2D eigenvalue weighted by molar-refractivity contribution is 7.09. The van der Waals surface area contributed by atoms with Crippen molar-refractivity contribution in [3.8, 4) is 0 Å². The van der Waals surface area contributed by atoms with Crippen LogP contribution in [0.1, 0.15) is 49.9 Å². The van der Waals surface area contributed by atoms with Gasteiger partial charge in [-0.25, -0.2) is 4.98 Å². The average Bonchev–Trinajstić information content (AvgIpc) is 2.62. The molecule has 2 rings (SSSR count). The molecule has 0 spiro atoms. The molecule has 0 aromatic carbocycles. The largest absolute Gasteiger partial charge is 0.348 e. The first-order valence-corrected chi connectivity index (χ1v) is 6.83. The van der Waals surface area contributed by atoms with Gasteiger partial charge in [-0.05, 0) is 26.2 Å². The summed E-state index contributed by atoms with van der Waals surface area (Å²) in [5, 5.41) is 6.23. The molecule has 1 aliphatic rings. The van der Waals surface area contributed by atoms with Gasteiger partial charge in [0.25, 0.3) is 0 Å². The summed E-state index contributed by atoms with van der Waals surface area (Å²) in [5.74, 6) is 0.455. The molecule has 1 aliphatic carbocycles. The molecule has 4 heteroatoms. The Hall–Kier alpha value is -0.900. The molecule has 1 aromatic heterocycles. The topological polar surface area (TPSA) is 42.0 Å². The lowest BCUT2D eigenvalue weighted by atomic mass is 9.84. The normalized spacial score (nSPS) is 17.9. The van der Waals surface area contributed by atoms with Gasteiger partial charge in [-0.2, -0.15) is 0 Å². The zero-order valence-electron chi connectivity index (χ0n) is 9.82. The number of thiazole rings is 1. The van der Waals surface area contributed by atoms with Crippen LogP contribution in [0.15, 0.2) is 5.38 Å². The predicted octanol–water partition coefficient (Wildman–Crippen LogP) is 2.68. The molecule has 1 amide bonds. The molecule has 1 fully saturated rings. The number of rotatable bonds is 4. The fourth-order valence-electron chi connectivity index (χ4n) is 1.76. The van der Waals surface area contributed by atoms with Gasteiger partial charge in [0, 0.05) is 11.3 Å². The maximum Gasteiger partial charge on any atom is 0.223 e. The summed E-state index contributed by atoms with van der Waals surface area (Å²) in [7, 11) is 0. The second-order valence-corrected chi connectivity index (χ2v) is 5.32. The van der Waals surface area contributed by atoms with Crippen molar-refractivity contribution in [3.63, 3.8) is 0 Å². The van der Waals surface area contributed by atoms with E-state index in [1.54, 1.807) is 11.3 Å². The Morgan fingerprint density at radius 3 is 2.94 bits per heavy atom. The summed E-state index contributed by atoms with van der Waals surface area (Å²) < 4.78 is 0. The molecule has 1 N–H and O–H groups in total. The van der Waals surface area contributed by atoms with Gasteiger partial charge in [-0.1, -0.05) is 13.3 Å². The van der Waals surface area contributed by atoms with Crippen LogP contribution >= 0.6 is 11.3 Å². The first-order valence-electron chi connectivity index (χ1n) is 5.95. The van der Waals surface area contributed by atoms with Gasteiger partial charge in [0.1, 0.15) is 0 Å². The highest BCUT2D eigenvalue weighted by atomic mass is 32.1. The molecule has 0 unspecified atom stereocenters. The van der Waals surface area contributed by atoms with Gasteiger partial charge >= 0.3 is 0 Å². The van der Waals surface area contributed by atoms with Crippen LogP contribution in [0.5, 0.6) is 0 Å². The molecule has 0 saturated heterocycles. The van der Waals surface area contributed by atoms with Crippen molar-refractivity contribution in [1.29, 1.82) is 0 Å². The molecular formula is C12H18N2OS. The van der Waals surface area contributed by atoms with E-state index in [1.807, 2.05) is 12.3 Å². The van der Waals surface area contributed by atoms with Gasteiger partial charge in [-0.15, -0.1) is 11.3 Å². The smallest absolute Gasteiger partial charge is 0.223 e. The van der Waals surface area contributed by atoms with Gasteiger partial charge in [0.15, 0.2) is 0 Å². The Bertz CT molecular complexity index is 371. The number of aryl methyl sites for hydroxylation is 1. The van der Waals surface area contributed by atoms with Crippen LogP contribution in [0.25, 0.3) is 0 Å². The van der Waals surface area contributed by atoms with E-state index in [1.165, 1.54) is 6.42 Å². The number of aromatic nitrogens is 1. The summed E-state index contributed by atoms with van der Waals surface area (Å²) in [6.07, 6.45) is 4.27. The number of hydrogen-bond acceptors (Lipinski definition) is 3. The SMILES string of the molecule is CCc1nc([C@@H](C)NC(=O)C2CCC2)cs1. The molecule has 0 radical (unpaired) electrons. The van der Waals surface area contributed by atoms with Crippen LogP contribution in [0.4, 0.5) is 0 Å². The third kappa shape index (κ3) is 2.43. The average molecular weight is 238 g/mol. The van der Waals surface area contributed by atoms with E-state index in [0.717, 1.165) is 30.0 Å². The van der Waals surface area contributed by atoms with Gasteiger partial charge < -0.3 is 5.32 Å². The van der Waals surface area contributed by atoms with Crippen molar-refractivity contribution < 1.29 is 4.79 Å². The fourth-order valence-corrected chi connectivity index (χ4v) is 2.60. The zero-order chi connectivity index (χ0) is 11.5. The van der Waals surface area contributed by atoms with Crippen molar-refractivity contribution in [2.75, 3.05) is 0 Å². The number of amides is 1. The summed E-state index contributed by atoms with van der Waals surface area (Å²) in [6, 6.07) is 0.0460. The molecule has 0 bridgehead atoms. The third-order valence-electron chi connectivity index (χ3n) is 3.15. The van der Waals surface area contributed by atoms with E-state index in [0.29, 0.717) is 0 Å². The molecule has 1 aromatic rings. The lowest BCUT2D eigenvalue weighted by Gasteiger charge is -2.25. The van der Waals surface area contributed by atoms with E-state index in [2.05, 4.69) is 17.2 Å². The van der Waals surface area contributed by atoms with Crippen LogP contribution < -0.4 is 5.32 Å². The van der Waals surface area contributed by atoms with Gasteiger partial charge in [0.05, 0.1) is 16.7 Å². The second-order valence-electron chi connectivity index (χ2n) is 4.38. The number of hydrogen-bond donors (Lipinski definition) is 1. The van der Waals surface area contributed by atoms with Crippen LogP contribution in [0, 0.1) is 5.92 Å². The molecule has 3 nitrogen and oxygen atoms in total. The molecule has 1 saturated carbocycles. The van der Waals surface area contributed by atoms with Crippen molar-refractivity contribution >= 4 is 17.2 Å². The molecule has 88 valence electrons. The highest BCUT2D eigenvalue weighted by Gasteiger charge is 2.26.